The number of nitrogen functional groups attached to an aromatic ring is 1. The summed E-state index contributed by atoms with van der Waals surface area (Å²) in [5.74, 6) is -0.502. The molecule has 0 aliphatic carbocycles. The molecule has 0 bridgehead atoms. The molecule has 2 aromatic carbocycles. The normalized spacial score (nSPS) is 10.3. The predicted molar refractivity (Wildman–Crippen MR) is 73.2 cm³/mol. The van der Waals surface area contributed by atoms with E-state index >= 15 is 0 Å². The number of nitrogens with two attached hydrogens (primary N) is 1. The largest absolute Gasteiger partial charge is 0.397 e. The van der Waals surface area contributed by atoms with Gasteiger partial charge in [0.15, 0.2) is 0 Å². The second kappa shape index (κ2) is 4.94. The van der Waals surface area contributed by atoms with Crippen molar-refractivity contribution < 1.29 is 4.39 Å². The number of halogens is 3. The van der Waals surface area contributed by atoms with Crippen LogP contribution in [0.5, 0.6) is 0 Å². The Morgan fingerprint density at radius 3 is 2.71 bits per heavy atom. The van der Waals surface area contributed by atoms with Crippen LogP contribution in [0.15, 0.2) is 40.9 Å². The fraction of sp³-hybridized carbons (Fsp3) is 0. The van der Waals surface area contributed by atoms with Crippen molar-refractivity contribution in [2.24, 2.45) is 0 Å². The molecule has 0 aliphatic rings. The second-order valence-corrected chi connectivity index (χ2v) is 4.81. The average molecular weight is 316 g/mol. The van der Waals surface area contributed by atoms with Gasteiger partial charge in [0.1, 0.15) is 5.82 Å². The van der Waals surface area contributed by atoms with Crippen LogP contribution in [0.3, 0.4) is 0 Å². The highest BCUT2D eigenvalue weighted by atomic mass is 79.9. The Hall–Kier alpha value is -1.26. The molecule has 0 amide bonds. The molecule has 2 aromatic rings. The Labute approximate surface area is 112 Å². The summed E-state index contributed by atoms with van der Waals surface area (Å²) in [6.07, 6.45) is 0. The van der Waals surface area contributed by atoms with E-state index < -0.39 is 5.82 Å². The fourth-order valence-corrected chi connectivity index (χ4v) is 1.96. The molecular formula is C12H9BrClFN2. The van der Waals surface area contributed by atoms with Crippen LogP contribution in [0, 0.1) is 5.82 Å². The Balaban J connectivity index is 2.33. The van der Waals surface area contributed by atoms with Gasteiger partial charge in [0.2, 0.25) is 0 Å². The van der Waals surface area contributed by atoms with Crippen molar-refractivity contribution >= 4 is 44.6 Å². The summed E-state index contributed by atoms with van der Waals surface area (Å²) in [5.41, 5.74) is 7.45. The number of anilines is 3. The van der Waals surface area contributed by atoms with E-state index in [1.807, 2.05) is 24.3 Å². The van der Waals surface area contributed by atoms with Gasteiger partial charge in [-0.3, -0.25) is 0 Å². The summed E-state index contributed by atoms with van der Waals surface area (Å²) in [7, 11) is 0. The van der Waals surface area contributed by atoms with Crippen LogP contribution >= 0.6 is 27.5 Å². The summed E-state index contributed by atoms with van der Waals surface area (Å²) in [5, 5.41) is 3.04. The zero-order valence-electron chi connectivity index (χ0n) is 8.68. The van der Waals surface area contributed by atoms with Crippen LogP contribution in [0.4, 0.5) is 21.5 Å². The molecule has 0 fully saturated rings. The molecule has 0 aliphatic heterocycles. The van der Waals surface area contributed by atoms with Crippen LogP contribution < -0.4 is 11.1 Å². The molecule has 0 unspecified atom stereocenters. The standard InChI is InChI=1S/C12H9BrClFN2/c13-7-2-1-3-8(4-7)17-12-6-10(15)9(14)5-11(12)16/h1-6,17H,16H2. The Bertz CT molecular complexity index is 560. The van der Waals surface area contributed by atoms with E-state index in [1.54, 1.807) is 0 Å². The monoisotopic (exact) mass is 314 g/mol. The molecule has 0 saturated carbocycles. The van der Waals surface area contributed by atoms with Crippen molar-refractivity contribution in [3.05, 3.63) is 51.7 Å². The molecule has 0 saturated heterocycles. The number of rotatable bonds is 2. The van der Waals surface area contributed by atoms with E-state index in [2.05, 4.69) is 21.2 Å². The van der Waals surface area contributed by atoms with E-state index in [4.69, 9.17) is 17.3 Å². The SMILES string of the molecule is Nc1cc(Cl)c(F)cc1Nc1cccc(Br)c1. The minimum atomic E-state index is -0.502. The van der Waals surface area contributed by atoms with E-state index in [0.717, 1.165) is 10.2 Å². The molecule has 88 valence electrons. The zero-order chi connectivity index (χ0) is 12.4. The van der Waals surface area contributed by atoms with Gasteiger partial charge in [0, 0.05) is 16.2 Å². The summed E-state index contributed by atoms with van der Waals surface area (Å²) in [6, 6.07) is 10.2. The molecule has 3 N–H and O–H groups in total. The van der Waals surface area contributed by atoms with Crippen LogP contribution in [0.1, 0.15) is 0 Å². The van der Waals surface area contributed by atoms with Gasteiger partial charge < -0.3 is 11.1 Å². The van der Waals surface area contributed by atoms with Crippen molar-refractivity contribution in [1.82, 2.24) is 0 Å². The molecule has 0 aromatic heterocycles. The van der Waals surface area contributed by atoms with E-state index in [-0.39, 0.29) is 5.02 Å². The molecule has 5 heteroatoms. The summed E-state index contributed by atoms with van der Waals surface area (Å²) >= 11 is 8.98. The van der Waals surface area contributed by atoms with Crippen molar-refractivity contribution in [3.8, 4) is 0 Å². The van der Waals surface area contributed by atoms with Gasteiger partial charge >= 0.3 is 0 Å². The van der Waals surface area contributed by atoms with Gasteiger partial charge in [0.25, 0.3) is 0 Å². The molecule has 0 heterocycles. The van der Waals surface area contributed by atoms with Crippen molar-refractivity contribution in [2.75, 3.05) is 11.1 Å². The van der Waals surface area contributed by atoms with Gasteiger partial charge in [-0.05, 0) is 24.3 Å². The van der Waals surface area contributed by atoms with Crippen molar-refractivity contribution in [3.63, 3.8) is 0 Å². The lowest BCUT2D eigenvalue weighted by Crippen LogP contribution is -1.97. The molecule has 0 radical (unpaired) electrons. The highest BCUT2D eigenvalue weighted by molar-refractivity contribution is 9.10. The van der Waals surface area contributed by atoms with Gasteiger partial charge in [-0.1, -0.05) is 33.6 Å². The minimum Gasteiger partial charge on any atom is -0.397 e. The molecule has 17 heavy (non-hydrogen) atoms. The first-order valence-electron chi connectivity index (χ1n) is 4.83. The minimum absolute atomic E-state index is 0.0160. The van der Waals surface area contributed by atoms with E-state index in [0.29, 0.717) is 11.4 Å². The maximum absolute atomic E-state index is 13.3. The van der Waals surface area contributed by atoms with Crippen LogP contribution in [0.2, 0.25) is 5.02 Å². The summed E-state index contributed by atoms with van der Waals surface area (Å²) < 4.78 is 14.2. The molecular weight excluding hydrogens is 307 g/mol. The predicted octanol–water partition coefficient (Wildman–Crippen LogP) is 4.57. The fourth-order valence-electron chi connectivity index (χ4n) is 1.39. The van der Waals surface area contributed by atoms with Gasteiger partial charge in [-0.25, -0.2) is 4.39 Å². The number of benzene rings is 2. The van der Waals surface area contributed by atoms with Crippen LogP contribution in [-0.4, -0.2) is 0 Å². The van der Waals surface area contributed by atoms with Crippen LogP contribution in [-0.2, 0) is 0 Å². The third-order valence-electron chi connectivity index (χ3n) is 2.20. The Morgan fingerprint density at radius 2 is 2.00 bits per heavy atom. The average Bonchev–Trinajstić information content (AvgIpc) is 2.26. The molecule has 2 nitrogen and oxygen atoms in total. The Morgan fingerprint density at radius 1 is 1.24 bits per heavy atom. The summed E-state index contributed by atoms with van der Waals surface area (Å²) in [4.78, 5) is 0. The van der Waals surface area contributed by atoms with Gasteiger partial charge in [-0.2, -0.15) is 0 Å². The first-order chi connectivity index (χ1) is 8.06. The lowest BCUT2D eigenvalue weighted by Gasteiger charge is -2.10. The number of nitrogens with one attached hydrogen (secondary N) is 1. The summed E-state index contributed by atoms with van der Waals surface area (Å²) in [6.45, 7) is 0. The van der Waals surface area contributed by atoms with E-state index in [1.165, 1.54) is 12.1 Å². The lowest BCUT2D eigenvalue weighted by molar-refractivity contribution is 0.629. The van der Waals surface area contributed by atoms with Gasteiger partial charge in [-0.15, -0.1) is 0 Å². The topological polar surface area (TPSA) is 38.0 Å². The third kappa shape index (κ3) is 2.90. The van der Waals surface area contributed by atoms with Crippen molar-refractivity contribution in [2.45, 2.75) is 0 Å². The molecule has 0 atom stereocenters. The quantitative estimate of drug-likeness (QED) is 0.797. The molecule has 0 spiro atoms. The van der Waals surface area contributed by atoms with Crippen LogP contribution in [0.25, 0.3) is 0 Å². The highest BCUT2D eigenvalue weighted by Crippen LogP contribution is 2.29. The van der Waals surface area contributed by atoms with E-state index in [9.17, 15) is 4.39 Å². The van der Waals surface area contributed by atoms with Gasteiger partial charge in [0.05, 0.1) is 16.4 Å². The Kier molecular flexibility index (Phi) is 3.54. The molecule has 2 rings (SSSR count). The highest BCUT2D eigenvalue weighted by Gasteiger charge is 2.06. The first-order valence-corrected chi connectivity index (χ1v) is 6.00. The number of hydrogen-bond acceptors (Lipinski definition) is 2. The van der Waals surface area contributed by atoms with Crippen molar-refractivity contribution in [1.29, 1.82) is 0 Å². The second-order valence-electron chi connectivity index (χ2n) is 3.49. The lowest BCUT2D eigenvalue weighted by atomic mass is 10.2. The third-order valence-corrected chi connectivity index (χ3v) is 2.98. The maximum atomic E-state index is 13.3. The smallest absolute Gasteiger partial charge is 0.144 e. The maximum Gasteiger partial charge on any atom is 0.144 e. The number of hydrogen-bond donors (Lipinski definition) is 2. The zero-order valence-corrected chi connectivity index (χ0v) is 11.0. The first kappa shape index (κ1) is 12.2.